The van der Waals surface area contributed by atoms with Gasteiger partial charge in [0, 0.05) is 5.56 Å². The number of fused-ring (bicyclic) bond motifs is 1. The van der Waals surface area contributed by atoms with Crippen molar-refractivity contribution < 1.29 is 22.3 Å². The topological polar surface area (TPSA) is 9.23 Å². The van der Waals surface area contributed by atoms with Gasteiger partial charge >= 0.3 is 0 Å². The van der Waals surface area contributed by atoms with E-state index in [1.165, 1.54) is 0 Å². The molecular formula is C26H28F4O. The molecule has 4 rings (SSSR count). The molecule has 1 nitrogen and oxygen atoms in total. The zero-order valence-corrected chi connectivity index (χ0v) is 17.8. The summed E-state index contributed by atoms with van der Waals surface area (Å²) in [6, 6.07) is 5.12. The normalized spacial score (nSPS) is 24.5. The summed E-state index contributed by atoms with van der Waals surface area (Å²) < 4.78 is 61.7. The minimum absolute atomic E-state index is 0.0194. The lowest BCUT2D eigenvalue weighted by Crippen LogP contribution is -2.30. The van der Waals surface area contributed by atoms with Gasteiger partial charge in [-0.15, -0.1) is 6.58 Å². The zero-order chi connectivity index (χ0) is 22.1. The minimum Gasteiger partial charge on any atom is -0.371 e. The van der Waals surface area contributed by atoms with Crippen molar-refractivity contribution in [2.24, 2.45) is 11.8 Å². The summed E-state index contributed by atoms with van der Waals surface area (Å²) in [5.41, 5.74) is 1.73. The van der Waals surface area contributed by atoms with Crippen molar-refractivity contribution in [3.8, 4) is 11.1 Å². The van der Waals surface area contributed by atoms with Crippen LogP contribution in [-0.2, 0) is 17.6 Å². The van der Waals surface area contributed by atoms with E-state index < -0.39 is 23.3 Å². The van der Waals surface area contributed by atoms with Crippen molar-refractivity contribution in [2.45, 2.75) is 64.1 Å². The highest BCUT2D eigenvalue weighted by atomic mass is 19.2. The summed E-state index contributed by atoms with van der Waals surface area (Å²) in [5, 5.41) is 0. The van der Waals surface area contributed by atoms with E-state index in [1.807, 2.05) is 19.1 Å². The van der Waals surface area contributed by atoms with Gasteiger partial charge in [-0.2, -0.15) is 0 Å². The van der Waals surface area contributed by atoms with Crippen molar-refractivity contribution >= 4 is 0 Å². The summed E-state index contributed by atoms with van der Waals surface area (Å²) in [5.74, 6) is -3.49. The van der Waals surface area contributed by atoms with Crippen LogP contribution in [-0.4, -0.2) is 12.2 Å². The molecule has 31 heavy (non-hydrogen) atoms. The van der Waals surface area contributed by atoms with Gasteiger partial charge in [0.05, 0.1) is 12.2 Å². The molecule has 0 N–H and O–H groups in total. The first-order valence-corrected chi connectivity index (χ1v) is 11.1. The average Bonchev–Trinajstić information content (AvgIpc) is 2.77. The number of hydrogen-bond donors (Lipinski definition) is 0. The molecule has 0 bridgehead atoms. The molecule has 0 aliphatic heterocycles. The molecule has 166 valence electrons. The number of hydrogen-bond acceptors (Lipinski definition) is 1. The Labute approximate surface area is 181 Å². The van der Waals surface area contributed by atoms with Gasteiger partial charge in [0.25, 0.3) is 0 Å². The minimum atomic E-state index is -1.54. The van der Waals surface area contributed by atoms with Crippen LogP contribution in [0.4, 0.5) is 17.6 Å². The molecule has 1 saturated carbocycles. The van der Waals surface area contributed by atoms with Crippen molar-refractivity contribution in [1.29, 1.82) is 0 Å². The Morgan fingerprint density at radius 2 is 1.61 bits per heavy atom. The van der Waals surface area contributed by atoms with Gasteiger partial charge in [-0.3, -0.25) is 0 Å². The first kappa shape index (κ1) is 22.1. The van der Waals surface area contributed by atoms with E-state index in [-0.39, 0.29) is 23.3 Å². The third kappa shape index (κ3) is 4.57. The summed E-state index contributed by atoms with van der Waals surface area (Å²) >= 11 is 0. The summed E-state index contributed by atoms with van der Waals surface area (Å²) in [7, 11) is 0. The van der Waals surface area contributed by atoms with Crippen LogP contribution in [0.15, 0.2) is 36.9 Å². The van der Waals surface area contributed by atoms with Crippen molar-refractivity contribution in [3.05, 3.63) is 71.3 Å². The maximum atomic E-state index is 15.2. The van der Waals surface area contributed by atoms with E-state index in [0.717, 1.165) is 56.2 Å². The fourth-order valence-electron chi connectivity index (χ4n) is 5.23. The molecule has 5 heteroatoms. The van der Waals surface area contributed by atoms with Crippen LogP contribution in [0.3, 0.4) is 0 Å². The third-order valence-electron chi connectivity index (χ3n) is 7.01. The summed E-state index contributed by atoms with van der Waals surface area (Å²) in [4.78, 5) is 0. The Morgan fingerprint density at radius 3 is 2.26 bits per heavy atom. The van der Waals surface area contributed by atoms with Gasteiger partial charge in [0.1, 0.15) is 5.82 Å². The van der Waals surface area contributed by atoms with Crippen molar-refractivity contribution in [1.82, 2.24) is 0 Å². The summed E-state index contributed by atoms with van der Waals surface area (Å²) in [6.07, 6.45) is 8.82. The Morgan fingerprint density at radius 1 is 0.935 bits per heavy atom. The highest BCUT2D eigenvalue weighted by Gasteiger charge is 2.32. The fourth-order valence-corrected chi connectivity index (χ4v) is 5.23. The standard InChI is InChI=1S/C26H28F4O/c1-3-15(2)31-20-8-4-16(5-9-20)17-6-10-21-18(12-17)7-11-22(25(21)29)19-13-23(27)26(30)24(28)14-19/h3,7,11,13-17,20H,1,4-6,8-10,12H2,2H3. The molecule has 0 saturated heterocycles. The number of rotatable bonds is 5. The van der Waals surface area contributed by atoms with E-state index in [9.17, 15) is 13.2 Å². The van der Waals surface area contributed by atoms with Crippen LogP contribution in [0.5, 0.6) is 0 Å². The van der Waals surface area contributed by atoms with Gasteiger partial charge in [-0.1, -0.05) is 18.2 Å². The molecule has 2 unspecified atom stereocenters. The van der Waals surface area contributed by atoms with Gasteiger partial charge in [-0.05, 0) is 92.5 Å². The monoisotopic (exact) mass is 432 g/mol. The summed E-state index contributed by atoms with van der Waals surface area (Å²) in [6.45, 7) is 5.78. The second kappa shape index (κ2) is 9.15. The lowest BCUT2D eigenvalue weighted by atomic mass is 9.71. The molecule has 2 atom stereocenters. The van der Waals surface area contributed by atoms with E-state index in [1.54, 1.807) is 6.07 Å². The molecule has 2 aliphatic rings. The first-order chi connectivity index (χ1) is 14.9. The maximum absolute atomic E-state index is 15.2. The van der Waals surface area contributed by atoms with Crippen LogP contribution in [0, 0.1) is 35.1 Å². The molecule has 0 amide bonds. The van der Waals surface area contributed by atoms with E-state index >= 15 is 4.39 Å². The Kier molecular flexibility index (Phi) is 6.52. The van der Waals surface area contributed by atoms with Crippen molar-refractivity contribution in [2.75, 3.05) is 0 Å². The van der Waals surface area contributed by atoms with Crippen LogP contribution < -0.4 is 0 Å². The van der Waals surface area contributed by atoms with Gasteiger partial charge in [0.2, 0.25) is 0 Å². The number of ether oxygens (including phenoxy) is 1. The van der Waals surface area contributed by atoms with Gasteiger partial charge in [-0.25, -0.2) is 17.6 Å². The largest absolute Gasteiger partial charge is 0.371 e. The second-order valence-corrected chi connectivity index (χ2v) is 8.94. The number of benzene rings is 2. The maximum Gasteiger partial charge on any atom is 0.194 e. The second-order valence-electron chi connectivity index (χ2n) is 8.94. The fraction of sp³-hybridized carbons (Fsp3) is 0.462. The Hall–Kier alpha value is -2.14. The highest BCUT2D eigenvalue weighted by molar-refractivity contribution is 5.66. The van der Waals surface area contributed by atoms with Crippen LogP contribution in [0.2, 0.25) is 0 Å². The van der Waals surface area contributed by atoms with Crippen LogP contribution >= 0.6 is 0 Å². The predicted octanol–water partition coefficient (Wildman–Crippen LogP) is 7.16. The Balaban J connectivity index is 1.47. The molecule has 0 spiro atoms. The molecule has 2 aliphatic carbocycles. The smallest absolute Gasteiger partial charge is 0.194 e. The average molecular weight is 433 g/mol. The molecular weight excluding hydrogens is 404 g/mol. The van der Waals surface area contributed by atoms with E-state index in [4.69, 9.17) is 4.74 Å². The van der Waals surface area contributed by atoms with Gasteiger partial charge in [0.15, 0.2) is 17.5 Å². The SMILES string of the molecule is C=CC(C)OC1CCC(C2CCc3c(ccc(-c4cc(F)c(F)c(F)c4)c3F)C2)CC1. The Bertz CT molecular complexity index is 939. The number of halogens is 4. The highest BCUT2D eigenvalue weighted by Crippen LogP contribution is 2.41. The first-order valence-electron chi connectivity index (χ1n) is 11.1. The quantitative estimate of drug-likeness (QED) is 0.277. The lowest BCUT2D eigenvalue weighted by Gasteiger charge is -2.37. The van der Waals surface area contributed by atoms with Crippen LogP contribution in [0.1, 0.15) is 50.2 Å². The molecule has 1 fully saturated rings. The molecule has 0 heterocycles. The zero-order valence-electron chi connectivity index (χ0n) is 17.8. The predicted molar refractivity (Wildman–Crippen MR) is 114 cm³/mol. The van der Waals surface area contributed by atoms with E-state index in [0.29, 0.717) is 23.8 Å². The molecule has 2 aromatic carbocycles. The molecule has 2 aromatic rings. The van der Waals surface area contributed by atoms with Crippen LogP contribution in [0.25, 0.3) is 11.1 Å². The van der Waals surface area contributed by atoms with Gasteiger partial charge < -0.3 is 4.74 Å². The third-order valence-corrected chi connectivity index (χ3v) is 7.01. The van der Waals surface area contributed by atoms with Crippen molar-refractivity contribution in [3.63, 3.8) is 0 Å². The lowest BCUT2D eigenvalue weighted by molar-refractivity contribution is -0.0133. The van der Waals surface area contributed by atoms with E-state index in [2.05, 4.69) is 6.58 Å². The molecule has 0 radical (unpaired) electrons. The molecule has 0 aromatic heterocycles.